The van der Waals surface area contributed by atoms with E-state index < -0.39 is 0 Å². The molecular formula is C26H32N2O4. The van der Waals surface area contributed by atoms with Gasteiger partial charge in [-0.2, -0.15) is 0 Å². The van der Waals surface area contributed by atoms with E-state index in [1.54, 1.807) is 19.4 Å². The zero-order chi connectivity index (χ0) is 23.3. The van der Waals surface area contributed by atoms with Gasteiger partial charge < -0.3 is 24.1 Å². The summed E-state index contributed by atoms with van der Waals surface area (Å²) in [7, 11) is 5.59. The molecule has 6 nitrogen and oxygen atoms in total. The normalized spacial score (nSPS) is 11.8. The number of ether oxygens (including phenoxy) is 2. The summed E-state index contributed by atoms with van der Waals surface area (Å²) in [6.45, 7) is 7.87. The van der Waals surface area contributed by atoms with E-state index in [1.165, 1.54) is 0 Å². The minimum Gasteiger partial charge on any atom is -0.496 e. The van der Waals surface area contributed by atoms with Gasteiger partial charge in [0.15, 0.2) is 0 Å². The number of amides is 1. The van der Waals surface area contributed by atoms with Gasteiger partial charge in [-0.3, -0.25) is 4.79 Å². The predicted molar refractivity (Wildman–Crippen MR) is 129 cm³/mol. The topological polar surface area (TPSA) is 63.9 Å². The van der Waals surface area contributed by atoms with Crippen LogP contribution in [0.3, 0.4) is 0 Å². The molecule has 0 saturated carbocycles. The summed E-state index contributed by atoms with van der Waals surface area (Å²) in [6, 6.07) is 10.00. The number of allylic oxidation sites excluding steroid dienone is 1. The molecule has 0 aliphatic rings. The zero-order valence-electron chi connectivity index (χ0n) is 19.7. The molecule has 170 valence electrons. The Morgan fingerprint density at radius 2 is 1.94 bits per heavy atom. The van der Waals surface area contributed by atoms with Gasteiger partial charge >= 0.3 is 0 Å². The molecule has 0 spiro atoms. The van der Waals surface area contributed by atoms with Crippen LogP contribution >= 0.6 is 0 Å². The molecule has 0 atom stereocenters. The third-order valence-electron chi connectivity index (χ3n) is 5.36. The average Bonchev–Trinajstić information content (AvgIpc) is 3.18. The van der Waals surface area contributed by atoms with Gasteiger partial charge in [-0.05, 0) is 64.2 Å². The number of furan rings is 1. The van der Waals surface area contributed by atoms with Gasteiger partial charge in [0.05, 0.1) is 20.0 Å². The monoisotopic (exact) mass is 436 g/mol. The lowest BCUT2D eigenvalue weighted by Gasteiger charge is -2.14. The molecule has 0 aliphatic carbocycles. The van der Waals surface area contributed by atoms with Gasteiger partial charge in [0.25, 0.3) is 0 Å². The first-order chi connectivity index (χ1) is 15.3. The minimum atomic E-state index is -0.122. The maximum Gasteiger partial charge on any atom is 0.244 e. The van der Waals surface area contributed by atoms with Crippen LogP contribution in [0.15, 0.2) is 47.1 Å². The molecular weight excluding hydrogens is 404 g/mol. The summed E-state index contributed by atoms with van der Waals surface area (Å²) in [6.07, 6.45) is 3.39. The molecule has 0 bridgehead atoms. The minimum absolute atomic E-state index is 0.122. The van der Waals surface area contributed by atoms with Gasteiger partial charge in [-0.15, -0.1) is 0 Å². The number of aryl methyl sites for hydroxylation is 1. The fourth-order valence-corrected chi connectivity index (χ4v) is 3.72. The second kappa shape index (κ2) is 10.4. The zero-order valence-corrected chi connectivity index (χ0v) is 19.7. The number of hydrogen-bond acceptors (Lipinski definition) is 5. The van der Waals surface area contributed by atoms with Crippen molar-refractivity contribution in [3.05, 3.63) is 53.8 Å². The molecule has 1 N–H and O–H groups in total. The predicted octanol–water partition coefficient (Wildman–Crippen LogP) is 4.90. The Balaban J connectivity index is 2.00. The lowest BCUT2D eigenvalue weighted by Crippen LogP contribution is -2.30. The molecule has 1 heterocycles. The molecule has 32 heavy (non-hydrogen) atoms. The smallest absolute Gasteiger partial charge is 0.244 e. The van der Waals surface area contributed by atoms with Crippen LogP contribution in [0.25, 0.3) is 27.7 Å². The van der Waals surface area contributed by atoms with Crippen LogP contribution in [0.1, 0.15) is 25.0 Å². The number of nitrogens with zero attached hydrogens (tertiary/aromatic N) is 1. The van der Waals surface area contributed by atoms with Gasteiger partial charge in [0, 0.05) is 41.2 Å². The molecule has 0 aliphatic heterocycles. The Morgan fingerprint density at radius 1 is 1.22 bits per heavy atom. The number of nitrogens with one attached hydrogen (secondary N) is 1. The van der Waals surface area contributed by atoms with Crippen molar-refractivity contribution in [2.45, 2.75) is 20.8 Å². The fraction of sp³-hybridized carbons (Fsp3) is 0.346. The number of carbonyl (C=O) groups is 1. The third kappa shape index (κ3) is 5.14. The second-order valence-corrected chi connectivity index (χ2v) is 7.99. The Morgan fingerprint density at radius 3 is 2.56 bits per heavy atom. The van der Waals surface area contributed by atoms with Crippen molar-refractivity contribution in [1.82, 2.24) is 10.2 Å². The van der Waals surface area contributed by atoms with Crippen molar-refractivity contribution in [3.8, 4) is 22.6 Å². The van der Waals surface area contributed by atoms with Crippen LogP contribution in [-0.4, -0.2) is 51.7 Å². The van der Waals surface area contributed by atoms with Crippen molar-refractivity contribution in [2.24, 2.45) is 0 Å². The average molecular weight is 437 g/mol. The molecule has 0 radical (unpaired) electrons. The van der Waals surface area contributed by atoms with E-state index in [4.69, 9.17) is 13.9 Å². The molecule has 0 unspecified atom stereocenters. The number of benzene rings is 2. The third-order valence-corrected chi connectivity index (χ3v) is 5.36. The van der Waals surface area contributed by atoms with Gasteiger partial charge in [-0.25, -0.2) is 0 Å². The maximum atomic E-state index is 12.4. The standard InChI is InChI=1S/C26H32N2O4/c1-7-31-20-10-8-19(9-11-20)23-16-32-26-18(3)25(30-6)21(15-22(23)26)17(2)14-24(29)27-12-13-28(4)5/h8-11,14-16H,7,12-13H2,1-6H3,(H,27,29)/b17-14+. The molecule has 3 rings (SSSR count). The molecule has 0 fully saturated rings. The van der Waals surface area contributed by atoms with Crippen LogP contribution in [0, 0.1) is 6.92 Å². The molecule has 3 aromatic rings. The SMILES string of the molecule is CCOc1ccc(-c2coc3c(C)c(OC)c(/C(C)=C/C(=O)NCCN(C)C)cc23)cc1. The van der Waals surface area contributed by atoms with Crippen LogP contribution in [0.5, 0.6) is 11.5 Å². The summed E-state index contributed by atoms with van der Waals surface area (Å²) in [5.41, 5.74) is 5.39. The maximum absolute atomic E-state index is 12.4. The first-order valence-electron chi connectivity index (χ1n) is 10.8. The molecule has 2 aromatic carbocycles. The number of likely N-dealkylation sites (N-methyl/N-ethyl adjacent to an activating group) is 1. The summed E-state index contributed by atoms with van der Waals surface area (Å²) in [5, 5.41) is 3.90. The number of hydrogen-bond donors (Lipinski definition) is 1. The fourth-order valence-electron chi connectivity index (χ4n) is 3.72. The molecule has 1 amide bonds. The van der Waals surface area contributed by atoms with E-state index in [-0.39, 0.29) is 5.91 Å². The van der Waals surface area contributed by atoms with Crippen molar-refractivity contribution >= 4 is 22.4 Å². The summed E-state index contributed by atoms with van der Waals surface area (Å²) in [4.78, 5) is 14.4. The first kappa shape index (κ1) is 23.4. The first-order valence-corrected chi connectivity index (χ1v) is 10.8. The van der Waals surface area contributed by atoms with Crippen LogP contribution in [0.2, 0.25) is 0 Å². The van der Waals surface area contributed by atoms with E-state index in [0.29, 0.717) is 18.9 Å². The molecule has 0 saturated heterocycles. The summed E-state index contributed by atoms with van der Waals surface area (Å²) < 4.78 is 17.2. The highest BCUT2D eigenvalue weighted by Gasteiger charge is 2.19. The highest BCUT2D eigenvalue weighted by atomic mass is 16.5. The quantitative estimate of drug-likeness (QED) is 0.484. The van der Waals surface area contributed by atoms with E-state index >= 15 is 0 Å². The van der Waals surface area contributed by atoms with Gasteiger partial charge in [0.2, 0.25) is 5.91 Å². The number of carbonyl (C=O) groups excluding carboxylic acids is 1. The van der Waals surface area contributed by atoms with E-state index in [2.05, 4.69) is 5.32 Å². The van der Waals surface area contributed by atoms with Crippen LogP contribution < -0.4 is 14.8 Å². The summed E-state index contributed by atoms with van der Waals surface area (Å²) in [5.74, 6) is 1.42. The van der Waals surface area contributed by atoms with Gasteiger partial charge in [-0.1, -0.05) is 12.1 Å². The van der Waals surface area contributed by atoms with E-state index in [0.717, 1.165) is 51.1 Å². The van der Waals surface area contributed by atoms with Gasteiger partial charge in [0.1, 0.15) is 17.1 Å². The summed E-state index contributed by atoms with van der Waals surface area (Å²) >= 11 is 0. The molecule has 1 aromatic heterocycles. The number of rotatable bonds is 9. The van der Waals surface area contributed by atoms with Crippen LogP contribution in [-0.2, 0) is 4.79 Å². The lowest BCUT2D eigenvalue weighted by atomic mass is 9.96. The van der Waals surface area contributed by atoms with Crippen molar-refractivity contribution in [3.63, 3.8) is 0 Å². The lowest BCUT2D eigenvalue weighted by molar-refractivity contribution is -0.116. The van der Waals surface area contributed by atoms with Crippen molar-refractivity contribution < 1.29 is 18.7 Å². The largest absolute Gasteiger partial charge is 0.496 e. The van der Waals surface area contributed by atoms with Crippen molar-refractivity contribution in [1.29, 1.82) is 0 Å². The Hall–Kier alpha value is -3.25. The van der Waals surface area contributed by atoms with Crippen molar-refractivity contribution in [2.75, 3.05) is 40.9 Å². The Kier molecular flexibility index (Phi) is 7.59. The number of methoxy groups -OCH3 is 1. The van der Waals surface area contributed by atoms with Crippen LogP contribution in [0.4, 0.5) is 0 Å². The molecule has 6 heteroatoms. The number of fused-ring (bicyclic) bond motifs is 1. The second-order valence-electron chi connectivity index (χ2n) is 7.99. The van der Waals surface area contributed by atoms with E-state index in [1.807, 2.05) is 70.1 Å². The highest BCUT2D eigenvalue weighted by molar-refractivity contribution is 6.01. The van der Waals surface area contributed by atoms with E-state index in [9.17, 15) is 4.79 Å². The Bertz CT molecular complexity index is 1110. The Labute approximate surface area is 189 Å². The highest BCUT2D eigenvalue weighted by Crippen LogP contribution is 2.40.